The minimum Gasteiger partial charge on any atom is -0.356 e. The highest BCUT2D eigenvalue weighted by Crippen LogP contribution is 2.35. The van der Waals surface area contributed by atoms with E-state index < -0.39 is 5.79 Å². The van der Waals surface area contributed by atoms with Gasteiger partial charge in [-0.1, -0.05) is 0 Å². The predicted molar refractivity (Wildman–Crippen MR) is 94.3 cm³/mol. The smallest absolute Gasteiger partial charge is 0.171 e. The van der Waals surface area contributed by atoms with E-state index in [1.807, 2.05) is 0 Å². The molecular weight excluding hydrogens is 334 g/mol. The molecule has 0 unspecified atom stereocenters. The molecule has 4 heterocycles. The lowest BCUT2D eigenvalue weighted by molar-refractivity contribution is -0.169. The number of pyridine rings is 2. The Bertz CT molecular complexity index is 806. The third kappa shape index (κ3) is 3.11. The largest absolute Gasteiger partial charge is 0.356 e. The highest BCUT2D eigenvalue weighted by atomic mass is 16.7. The van der Waals surface area contributed by atoms with E-state index in [0.717, 1.165) is 49.9 Å². The molecule has 0 aliphatic carbocycles. The van der Waals surface area contributed by atoms with Crippen LogP contribution in [-0.4, -0.2) is 54.6 Å². The Morgan fingerprint density at radius 1 is 0.962 bits per heavy atom. The van der Waals surface area contributed by atoms with E-state index in [4.69, 9.17) is 9.47 Å². The van der Waals surface area contributed by atoms with Gasteiger partial charge in [0.1, 0.15) is 5.82 Å². The molecule has 2 fully saturated rings. The maximum Gasteiger partial charge on any atom is 0.171 e. The van der Waals surface area contributed by atoms with Gasteiger partial charge >= 0.3 is 0 Å². The van der Waals surface area contributed by atoms with Crippen molar-refractivity contribution in [1.29, 1.82) is 0 Å². The quantitative estimate of drug-likeness (QED) is 0.779. The fourth-order valence-corrected chi connectivity index (χ4v) is 3.46. The van der Waals surface area contributed by atoms with Gasteiger partial charge < -0.3 is 14.4 Å². The molecule has 0 aromatic carbocycles. The van der Waals surface area contributed by atoms with Crippen LogP contribution in [0.15, 0.2) is 30.6 Å². The summed E-state index contributed by atoms with van der Waals surface area (Å²) in [5.41, 5.74) is 2.44. The molecule has 2 aliphatic rings. The van der Waals surface area contributed by atoms with Crippen LogP contribution in [0, 0.1) is 0 Å². The normalized spacial score (nSPS) is 18.8. The van der Waals surface area contributed by atoms with Gasteiger partial charge in [0.05, 0.1) is 18.9 Å². The van der Waals surface area contributed by atoms with Gasteiger partial charge in [0.25, 0.3) is 0 Å². The Morgan fingerprint density at radius 2 is 1.65 bits per heavy atom. The van der Waals surface area contributed by atoms with Crippen LogP contribution in [0.1, 0.15) is 33.6 Å². The SMILES string of the molecule is O=Cc1ccc(-c2cc(C=O)cnc2N2CCC3(CC2)OCCO3)nc1. The summed E-state index contributed by atoms with van der Waals surface area (Å²) in [6.45, 7) is 2.77. The summed E-state index contributed by atoms with van der Waals surface area (Å²) >= 11 is 0. The van der Waals surface area contributed by atoms with Crippen molar-refractivity contribution in [3.8, 4) is 11.3 Å². The van der Waals surface area contributed by atoms with Crippen LogP contribution in [0.25, 0.3) is 11.3 Å². The number of carbonyl (C=O) groups is 2. The zero-order chi connectivity index (χ0) is 18.0. The number of rotatable bonds is 4. The standard InChI is InChI=1S/C19H19N3O4/c23-12-14-1-2-17(20-10-14)16-9-15(13-24)11-21-18(16)22-5-3-19(4-6-22)25-7-8-26-19/h1-2,9-13H,3-8H2. The lowest BCUT2D eigenvalue weighted by Gasteiger charge is -2.38. The third-order valence-electron chi connectivity index (χ3n) is 4.86. The molecule has 4 rings (SSSR count). The van der Waals surface area contributed by atoms with E-state index in [-0.39, 0.29) is 0 Å². The Kier molecular flexibility index (Phi) is 4.48. The minimum absolute atomic E-state index is 0.455. The number of aromatic nitrogens is 2. The zero-order valence-electron chi connectivity index (χ0n) is 14.3. The molecule has 2 aromatic rings. The van der Waals surface area contributed by atoms with Crippen molar-refractivity contribution in [2.75, 3.05) is 31.2 Å². The first-order valence-corrected chi connectivity index (χ1v) is 8.63. The van der Waals surface area contributed by atoms with E-state index in [1.165, 1.54) is 6.20 Å². The van der Waals surface area contributed by atoms with Gasteiger partial charge in [-0.15, -0.1) is 0 Å². The summed E-state index contributed by atoms with van der Waals surface area (Å²) in [4.78, 5) is 33.1. The molecule has 0 saturated carbocycles. The fourth-order valence-electron chi connectivity index (χ4n) is 3.46. The molecule has 0 amide bonds. The first-order valence-electron chi connectivity index (χ1n) is 8.63. The van der Waals surface area contributed by atoms with Crippen LogP contribution in [0.2, 0.25) is 0 Å². The first kappa shape index (κ1) is 16.8. The second-order valence-electron chi connectivity index (χ2n) is 6.45. The van der Waals surface area contributed by atoms with Crippen molar-refractivity contribution < 1.29 is 19.1 Å². The molecule has 7 heteroatoms. The number of anilines is 1. The summed E-state index contributed by atoms with van der Waals surface area (Å²) in [5.74, 6) is 0.318. The zero-order valence-corrected chi connectivity index (χ0v) is 14.3. The van der Waals surface area contributed by atoms with E-state index in [0.29, 0.717) is 30.0 Å². The van der Waals surface area contributed by atoms with Crippen molar-refractivity contribution in [3.63, 3.8) is 0 Å². The van der Waals surface area contributed by atoms with Crippen LogP contribution in [0.4, 0.5) is 5.82 Å². The molecule has 2 saturated heterocycles. The number of piperidine rings is 1. The van der Waals surface area contributed by atoms with Gasteiger partial charge in [0.2, 0.25) is 0 Å². The van der Waals surface area contributed by atoms with Crippen LogP contribution >= 0.6 is 0 Å². The fraction of sp³-hybridized carbons (Fsp3) is 0.368. The van der Waals surface area contributed by atoms with E-state index in [1.54, 1.807) is 24.4 Å². The number of hydrogen-bond acceptors (Lipinski definition) is 7. The summed E-state index contributed by atoms with van der Waals surface area (Å²) in [6, 6.07) is 5.26. The van der Waals surface area contributed by atoms with Crippen molar-refractivity contribution in [2.24, 2.45) is 0 Å². The molecule has 7 nitrogen and oxygen atoms in total. The monoisotopic (exact) mass is 353 g/mol. The Morgan fingerprint density at radius 3 is 2.27 bits per heavy atom. The maximum atomic E-state index is 11.2. The number of nitrogens with zero attached hydrogens (tertiary/aromatic N) is 3. The molecule has 2 aliphatic heterocycles. The van der Waals surface area contributed by atoms with Crippen molar-refractivity contribution in [2.45, 2.75) is 18.6 Å². The van der Waals surface area contributed by atoms with Crippen molar-refractivity contribution >= 4 is 18.4 Å². The van der Waals surface area contributed by atoms with Crippen LogP contribution in [-0.2, 0) is 9.47 Å². The second kappa shape index (κ2) is 6.93. The van der Waals surface area contributed by atoms with Gasteiger partial charge in [-0.25, -0.2) is 4.98 Å². The van der Waals surface area contributed by atoms with E-state index >= 15 is 0 Å². The van der Waals surface area contributed by atoms with Crippen LogP contribution in [0.5, 0.6) is 0 Å². The van der Waals surface area contributed by atoms with Crippen molar-refractivity contribution in [3.05, 3.63) is 41.7 Å². The number of hydrogen-bond donors (Lipinski definition) is 0. The second-order valence-corrected chi connectivity index (χ2v) is 6.45. The average Bonchev–Trinajstić information content (AvgIpc) is 3.16. The average molecular weight is 353 g/mol. The Hall–Kier alpha value is -2.64. The summed E-state index contributed by atoms with van der Waals surface area (Å²) in [7, 11) is 0. The van der Waals surface area contributed by atoms with Crippen LogP contribution < -0.4 is 4.90 Å². The number of aldehydes is 2. The molecular formula is C19H19N3O4. The summed E-state index contributed by atoms with van der Waals surface area (Å²) in [6.07, 6.45) is 6.14. The number of carbonyl (C=O) groups excluding carboxylic acids is 2. The Labute approximate surface area is 151 Å². The molecule has 0 radical (unpaired) electrons. The highest BCUT2D eigenvalue weighted by molar-refractivity contribution is 5.83. The molecule has 0 bridgehead atoms. The maximum absolute atomic E-state index is 11.2. The van der Waals surface area contributed by atoms with Gasteiger partial charge in [0.15, 0.2) is 18.4 Å². The highest BCUT2D eigenvalue weighted by Gasteiger charge is 2.40. The minimum atomic E-state index is -0.455. The van der Waals surface area contributed by atoms with E-state index in [2.05, 4.69) is 14.9 Å². The molecule has 134 valence electrons. The van der Waals surface area contributed by atoms with Gasteiger partial charge in [-0.3, -0.25) is 14.6 Å². The lowest BCUT2D eigenvalue weighted by Crippen LogP contribution is -2.45. The molecule has 26 heavy (non-hydrogen) atoms. The van der Waals surface area contributed by atoms with Gasteiger partial charge in [-0.2, -0.15) is 0 Å². The first-order chi connectivity index (χ1) is 12.7. The lowest BCUT2D eigenvalue weighted by atomic mass is 10.0. The molecule has 1 spiro atoms. The topological polar surface area (TPSA) is 81.6 Å². The van der Waals surface area contributed by atoms with Crippen molar-refractivity contribution in [1.82, 2.24) is 9.97 Å². The van der Waals surface area contributed by atoms with Gasteiger partial charge in [0, 0.05) is 55.0 Å². The van der Waals surface area contributed by atoms with Crippen LogP contribution in [0.3, 0.4) is 0 Å². The summed E-state index contributed by atoms with van der Waals surface area (Å²) in [5, 5.41) is 0. The van der Waals surface area contributed by atoms with E-state index in [9.17, 15) is 9.59 Å². The molecule has 0 atom stereocenters. The molecule has 2 aromatic heterocycles. The number of ether oxygens (including phenoxy) is 2. The third-order valence-corrected chi connectivity index (χ3v) is 4.86. The summed E-state index contributed by atoms with van der Waals surface area (Å²) < 4.78 is 11.6. The molecule has 0 N–H and O–H groups in total. The van der Waals surface area contributed by atoms with Gasteiger partial charge in [-0.05, 0) is 18.2 Å². The predicted octanol–water partition coefficient (Wildman–Crippen LogP) is 2.11. The Balaban J connectivity index is 1.65.